The Balaban J connectivity index is 1.23. The van der Waals surface area contributed by atoms with Crippen LogP contribution in [0.25, 0.3) is 16.6 Å². The van der Waals surface area contributed by atoms with Crippen molar-refractivity contribution in [3.8, 4) is 0 Å². The summed E-state index contributed by atoms with van der Waals surface area (Å²) in [6.45, 7) is 5.17. The van der Waals surface area contributed by atoms with Crippen LogP contribution in [0.1, 0.15) is 57.1 Å². The molecule has 2 fully saturated rings. The maximum atomic E-state index is 11.4. The molecule has 0 radical (unpaired) electrons. The molecule has 0 bridgehead atoms. The number of aromatic nitrogens is 5. The van der Waals surface area contributed by atoms with Crippen LogP contribution < -0.4 is 0 Å². The van der Waals surface area contributed by atoms with Gasteiger partial charge < -0.3 is 14.7 Å². The summed E-state index contributed by atoms with van der Waals surface area (Å²) >= 11 is 0. The molecule has 3 aromatic rings. The highest BCUT2D eigenvalue weighted by molar-refractivity contribution is 5.92. The van der Waals surface area contributed by atoms with Crippen LogP contribution in [0.2, 0.25) is 0 Å². The molecule has 7 heteroatoms. The van der Waals surface area contributed by atoms with Gasteiger partial charge in [-0.25, -0.2) is 9.50 Å². The highest BCUT2D eigenvalue weighted by Gasteiger charge is 2.30. The van der Waals surface area contributed by atoms with Crippen molar-refractivity contribution >= 4 is 22.3 Å². The van der Waals surface area contributed by atoms with Crippen LogP contribution in [-0.4, -0.2) is 55.1 Å². The first kappa shape index (κ1) is 17.8. The predicted octanol–water partition coefficient (Wildman–Crippen LogP) is 3.18. The fourth-order valence-electron chi connectivity index (χ4n) is 5.33. The van der Waals surface area contributed by atoms with Gasteiger partial charge in [-0.15, -0.1) is 5.10 Å². The summed E-state index contributed by atoms with van der Waals surface area (Å²) in [4.78, 5) is 21.5. The maximum absolute atomic E-state index is 11.4. The van der Waals surface area contributed by atoms with Gasteiger partial charge in [-0.1, -0.05) is 5.21 Å². The molecule has 3 aromatic heterocycles. The third-order valence-electron chi connectivity index (χ3n) is 6.69. The number of ketones is 1. The van der Waals surface area contributed by atoms with Gasteiger partial charge in [-0.05, 0) is 63.5 Å². The molecular weight excluding hydrogens is 352 g/mol. The first-order valence-electron chi connectivity index (χ1n) is 10.6. The molecule has 1 saturated carbocycles. The fraction of sp³-hybridized carbons (Fsp3) is 0.619. The summed E-state index contributed by atoms with van der Waals surface area (Å²) in [7, 11) is 0. The molecular formula is C21H28N6O. The molecule has 1 aliphatic carbocycles. The monoisotopic (exact) mass is 380 g/mol. The second-order valence-electron chi connectivity index (χ2n) is 8.79. The molecule has 1 atom stereocenters. The van der Waals surface area contributed by atoms with Gasteiger partial charge in [0.1, 0.15) is 23.3 Å². The lowest BCUT2D eigenvalue weighted by molar-refractivity contribution is -0.117. The minimum absolute atomic E-state index is 0.333. The van der Waals surface area contributed by atoms with E-state index in [0.29, 0.717) is 17.6 Å². The number of nitrogens with zero attached hydrogens (tertiary/aromatic N) is 5. The van der Waals surface area contributed by atoms with E-state index in [1.165, 1.54) is 38.6 Å². The summed E-state index contributed by atoms with van der Waals surface area (Å²) < 4.78 is 1.82. The molecule has 5 rings (SSSR count). The molecule has 0 amide bonds. The van der Waals surface area contributed by atoms with Gasteiger partial charge in [0.05, 0.1) is 5.69 Å². The van der Waals surface area contributed by atoms with Gasteiger partial charge in [0.15, 0.2) is 0 Å². The zero-order valence-electron chi connectivity index (χ0n) is 16.5. The lowest BCUT2D eigenvalue weighted by Gasteiger charge is -2.30. The van der Waals surface area contributed by atoms with Gasteiger partial charge in [-0.3, -0.25) is 0 Å². The van der Waals surface area contributed by atoms with Crippen molar-refractivity contribution in [3.05, 3.63) is 24.3 Å². The normalized spacial score (nSPS) is 26.4. The van der Waals surface area contributed by atoms with Crippen molar-refractivity contribution in [3.63, 3.8) is 0 Å². The molecule has 28 heavy (non-hydrogen) atoms. The van der Waals surface area contributed by atoms with Crippen molar-refractivity contribution in [1.82, 2.24) is 29.7 Å². The maximum Gasteiger partial charge on any atom is 0.141 e. The molecule has 1 saturated heterocycles. The van der Waals surface area contributed by atoms with Crippen LogP contribution in [0.5, 0.6) is 0 Å². The summed E-state index contributed by atoms with van der Waals surface area (Å²) in [6.07, 6.45) is 10.5. The SMILES string of the molecule is CC(=O)C[C@H]1CCN(CC2CCC(c3nnn4cnc5[nH]ccc5c34)CC2)C1. The molecule has 4 heterocycles. The van der Waals surface area contributed by atoms with Crippen molar-refractivity contribution in [2.24, 2.45) is 11.8 Å². The number of hydrogen-bond donors (Lipinski definition) is 1. The molecule has 2 aliphatic rings. The number of carbonyl (C=O) groups is 1. The standard InChI is InChI=1S/C21H28N6O/c1-14(28)10-16-7-9-26(12-16)11-15-2-4-17(5-3-15)19-20-18-6-8-22-21(18)23-13-27(20)25-24-19/h6,8,13,15-17,22H,2-5,7,9-12H2,1H3/t15?,16-,17?/m1/s1. The van der Waals surface area contributed by atoms with E-state index < -0.39 is 0 Å². The minimum atomic E-state index is 0.333. The highest BCUT2D eigenvalue weighted by atomic mass is 16.1. The van der Waals surface area contributed by atoms with E-state index in [9.17, 15) is 4.79 Å². The summed E-state index contributed by atoms with van der Waals surface area (Å²) in [5, 5.41) is 9.95. The molecule has 0 unspecified atom stereocenters. The summed E-state index contributed by atoms with van der Waals surface area (Å²) in [6, 6.07) is 2.07. The quantitative estimate of drug-likeness (QED) is 0.735. The minimum Gasteiger partial charge on any atom is -0.346 e. The van der Waals surface area contributed by atoms with Crippen LogP contribution in [0.4, 0.5) is 0 Å². The molecule has 0 aromatic carbocycles. The van der Waals surface area contributed by atoms with Crippen LogP contribution in [0, 0.1) is 11.8 Å². The number of rotatable bonds is 5. The second kappa shape index (κ2) is 7.28. The molecule has 0 spiro atoms. The highest BCUT2D eigenvalue weighted by Crippen LogP contribution is 2.38. The Kier molecular flexibility index (Phi) is 4.62. The van der Waals surface area contributed by atoms with Crippen molar-refractivity contribution in [2.75, 3.05) is 19.6 Å². The Morgan fingerprint density at radius 1 is 1.21 bits per heavy atom. The number of fused-ring (bicyclic) bond motifs is 3. The number of nitrogens with one attached hydrogen (secondary N) is 1. The molecule has 148 valence electrons. The first-order valence-corrected chi connectivity index (χ1v) is 10.6. The van der Waals surface area contributed by atoms with E-state index in [4.69, 9.17) is 0 Å². The van der Waals surface area contributed by atoms with Gasteiger partial charge in [0.2, 0.25) is 0 Å². The lowest BCUT2D eigenvalue weighted by Crippen LogP contribution is -2.30. The van der Waals surface area contributed by atoms with E-state index in [1.54, 1.807) is 13.3 Å². The zero-order chi connectivity index (χ0) is 19.1. The average molecular weight is 380 g/mol. The molecule has 7 nitrogen and oxygen atoms in total. The summed E-state index contributed by atoms with van der Waals surface area (Å²) in [5.41, 5.74) is 3.15. The van der Waals surface area contributed by atoms with Crippen molar-refractivity contribution < 1.29 is 4.79 Å². The Morgan fingerprint density at radius 3 is 2.89 bits per heavy atom. The Hall–Kier alpha value is -2.28. The van der Waals surface area contributed by atoms with Gasteiger partial charge in [-0.2, -0.15) is 0 Å². The number of aromatic amines is 1. The predicted molar refractivity (Wildman–Crippen MR) is 107 cm³/mol. The number of H-pyrrole nitrogens is 1. The summed E-state index contributed by atoms with van der Waals surface area (Å²) in [5.74, 6) is 2.16. The third-order valence-corrected chi connectivity index (χ3v) is 6.69. The van der Waals surface area contributed by atoms with Crippen molar-refractivity contribution in [1.29, 1.82) is 0 Å². The Labute approximate surface area is 164 Å². The van der Waals surface area contributed by atoms with E-state index >= 15 is 0 Å². The van der Waals surface area contributed by atoms with Gasteiger partial charge in [0, 0.05) is 37.0 Å². The lowest BCUT2D eigenvalue weighted by atomic mass is 9.80. The third kappa shape index (κ3) is 3.32. The number of likely N-dealkylation sites (tertiary alicyclic amines) is 1. The Morgan fingerprint density at radius 2 is 2.07 bits per heavy atom. The van der Waals surface area contributed by atoms with Crippen LogP contribution >= 0.6 is 0 Å². The molecule has 1 N–H and O–H groups in total. The first-order chi connectivity index (χ1) is 13.7. The van der Waals surface area contributed by atoms with Crippen LogP contribution in [-0.2, 0) is 4.79 Å². The number of Topliss-reactive ketones (excluding diaryl/α,β-unsaturated/α-hetero) is 1. The van der Waals surface area contributed by atoms with Crippen LogP contribution in [0.3, 0.4) is 0 Å². The van der Waals surface area contributed by atoms with Gasteiger partial charge >= 0.3 is 0 Å². The zero-order valence-corrected chi connectivity index (χ0v) is 16.5. The van der Waals surface area contributed by atoms with E-state index in [1.807, 2.05) is 10.7 Å². The smallest absolute Gasteiger partial charge is 0.141 e. The van der Waals surface area contributed by atoms with Crippen molar-refractivity contribution in [2.45, 2.75) is 51.4 Å². The topological polar surface area (TPSA) is 79.2 Å². The largest absolute Gasteiger partial charge is 0.346 e. The number of carbonyl (C=O) groups excluding carboxylic acids is 1. The van der Waals surface area contributed by atoms with E-state index in [0.717, 1.165) is 47.7 Å². The molecule has 1 aliphatic heterocycles. The van der Waals surface area contributed by atoms with E-state index in [2.05, 4.69) is 31.2 Å². The average Bonchev–Trinajstić information content (AvgIpc) is 3.40. The second-order valence-corrected chi connectivity index (χ2v) is 8.79. The van der Waals surface area contributed by atoms with Crippen LogP contribution in [0.15, 0.2) is 18.6 Å². The fourth-order valence-corrected chi connectivity index (χ4v) is 5.33. The Bertz CT molecular complexity index is 983. The van der Waals surface area contributed by atoms with E-state index in [-0.39, 0.29) is 0 Å². The van der Waals surface area contributed by atoms with Gasteiger partial charge in [0.25, 0.3) is 0 Å². The number of hydrogen-bond acceptors (Lipinski definition) is 5.